The summed E-state index contributed by atoms with van der Waals surface area (Å²) in [5, 5.41) is 3.47. The van der Waals surface area contributed by atoms with Crippen LogP contribution in [0.5, 0.6) is 0 Å². The van der Waals surface area contributed by atoms with E-state index in [0.717, 1.165) is 57.8 Å². The lowest BCUT2D eigenvalue weighted by atomic mass is 9.94. The van der Waals surface area contributed by atoms with E-state index in [1.165, 1.54) is 0 Å². The zero-order valence-corrected chi connectivity index (χ0v) is 17.9. The lowest BCUT2D eigenvalue weighted by molar-refractivity contribution is -0.119. The van der Waals surface area contributed by atoms with Gasteiger partial charge < -0.3 is 25.6 Å². The van der Waals surface area contributed by atoms with Gasteiger partial charge in [0, 0.05) is 46.2 Å². The predicted molar refractivity (Wildman–Crippen MR) is 110 cm³/mol. The molecule has 0 spiro atoms. The van der Waals surface area contributed by atoms with Crippen molar-refractivity contribution in [3.05, 3.63) is 0 Å². The van der Waals surface area contributed by atoms with Crippen LogP contribution in [0.4, 0.5) is 4.79 Å². The standard InChI is InChI=1S/C20H37N5O3/c1-20(2,3)28-19(27)25-10-6-8-16(14-25)12-23-18(22-4)24-9-5-7-15(13-24)11-17(21)26/h15-16H,5-14H2,1-4H3,(H2,21,26)(H,22,23). The summed E-state index contributed by atoms with van der Waals surface area (Å²) < 4.78 is 5.51. The Hall–Kier alpha value is -1.99. The van der Waals surface area contributed by atoms with Crippen LogP contribution in [-0.2, 0) is 9.53 Å². The van der Waals surface area contributed by atoms with Gasteiger partial charge in [-0.15, -0.1) is 0 Å². The molecule has 0 aromatic rings. The Kier molecular flexibility index (Phi) is 7.95. The highest BCUT2D eigenvalue weighted by atomic mass is 16.6. The van der Waals surface area contributed by atoms with Crippen molar-refractivity contribution in [2.24, 2.45) is 22.6 Å². The minimum absolute atomic E-state index is 0.230. The zero-order valence-electron chi connectivity index (χ0n) is 17.9. The van der Waals surface area contributed by atoms with Gasteiger partial charge in [-0.1, -0.05) is 0 Å². The minimum Gasteiger partial charge on any atom is -0.444 e. The lowest BCUT2D eigenvalue weighted by Gasteiger charge is -2.37. The van der Waals surface area contributed by atoms with Crippen molar-refractivity contribution in [2.75, 3.05) is 39.8 Å². The number of guanidine groups is 1. The summed E-state index contributed by atoms with van der Waals surface area (Å²) in [5.74, 6) is 1.29. The summed E-state index contributed by atoms with van der Waals surface area (Å²) in [5.41, 5.74) is 4.89. The highest BCUT2D eigenvalue weighted by Gasteiger charge is 2.28. The Labute approximate surface area is 168 Å². The van der Waals surface area contributed by atoms with Crippen molar-refractivity contribution in [3.8, 4) is 0 Å². The second-order valence-electron chi connectivity index (χ2n) is 8.99. The number of rotatable bonds is 4. The first-order chi connectivity index (χ1) is 13.2. The highest BCUT2D eigenvalue weighted by molar-refractivity contribution is 5.80. The van der Waals surface area contributed by atoms with E-state index >= 15 is 0 Å². The fourth-order valence-electron chi connectivity index (χ4n) is 4.00. The first-order valence-corrected chi connectivity index (χ1v) is 10.4. The van der Waals surface area contributed by atoms with Gasteiger partial charge in [-0.25, -0.2) is 4.79 Å². The van der Waals surface area contributed by atoms with Gasteiger partial charge in [0.25, 0.3) is 0 Å². The Morgan fingerprint density at radius 3 is 2.32 bits per heavy atom. The lowest BCUT2D eigenvalue weighted by Crippen LogP contribution is -2.50. The fourth-order valence-corrected chi connectivity index (χ4v) is 4.00. The second kappa shape index (κ2) is 9.98. The molecular weight excluding hydrogens is 358 g/mol. The summed E-state index contributed by atoms with van der Waals surface area (Å²) in [6, 6.07) is 0. The number of nitrogens with two attached hydrogens (primary N) is 1. The van der Waals surface area contributed by atoms with Gasteiger partial charge >= 0.3 is 6.09 Å². The molecule has 0 saturated carbocycles. The smallest absolute Gasteiger partial charge is 0.410 e. The van der Waals surface area contributed by atoms with Gasteiger partial charge in [0.05, 0.1) is 0 Å². The first-order valence-electron chi connectivity index (χ1n) is 10.4. The molecule has 0 aromatic heterocycles. The molecule has 0 aliphatic carbocycles. The Bertz CT molecular complexity index is 573. The van der Waals surface area contributed by atoms with E-state index in [-0.39, 0.29) is 12.0 Å². The van der Waals surface area contributed by atoms with Crippen LogP contribution in [-0.4, -0.2) is 73.1 Å². The third kappa shape index (κ3) is 7.20. The summed E-state index contributed by atoms with van der Waals surface area (Å²) in [6.45, 7) is 9.63. The second-order valence-corrected chi connectivity index (χ2v) is 8.99. The Balaban J connectivity index is 1.84. The summed E-state index contributed by atoms with van der Waals surface area (Å²) >= 11 is 0. The van der Waals surface area contributed by atoms with Crippen LogP contribution in [0, 0.1) is 11.8 Å². The molecule has 3 N–H and O–H groups in total. The van der Waals surface area contributed by atoms with E-state index in [1.807, 2.05) is 25.7 Å². The third-order valence-corrected chi connectivity index (χ3v) is 5.24. The van der Waals surface area contributed by atoms with Crippen LogP contribution in [0.3, 0.4) is 0 Å². The van der Waals surface area contributed by atoms with Crippen LogP contribution in [0.25, 0.3) is 0 Å². The van der Waals surface area contributed by atoms with E-state index in [2.05, 4.69) is 15.2 Å². The molecule has 2 fully saturated rings. The van der Waals surface area contributed by atoms with Gasteiger partial charge in [-0.3, -0.25) is 9.79 Å². The Morgan fingerprint density at radius 2 is 1.71 bits per heavy atom. The number of piperidine rings is 2. The van der Waals surface area contributed by atoms with Gasteiger partial charge in [-0.05, 0) is 58.3 Å². The number of aliphatic imine (C=N–C) groups is 1. The number of carbonyl (C=O) groups excluding carboxylic acids is 2. The third-order valence-electron chi connectivity index (χ3n) is 5.24. The molecule has 2 rings (SSSR count). The highest BCUT2D eigenvalue weighted by Crippen LogP contribution is 2.21. The van der Waals surface area contributed by atoms with Gasteiger partial charge in [0.2, 0.25) is 5.91 Å². The van der Waals surface area contributed by atoms with Crippen LogP contribution in [0.15, 0.2) is 4.99 Å². The number of ether oxygens (including phenoxy) is 1. The largest absolute Gasteiger partial charge is 0.444 e. The maximum absolute atomic E-state index is 12.3. The minimum atomic E-state index is -0.472. The first kappa shape index (κ1) is 22.3. The van der Waals surface area contributed by atoms with Crippen molar-refractivity contribution in [3.63, 3.8) is 0 Å². The van der Waals surface area contributed by atoms with E-state index < -0.39 is 5.60 Å². The number of amides is 2. The predicted octanol–water partition coefficient (Wildman–Crippen LogP) is 1.80. The van der Waals surface area contributed by atoms with Crippen LogP contribution >= 0.6 is 0 Å². The maximum atomic E-state index is 12.3. The number of nitrogens with zero attached hydrogens (tertiary/aromatic N) is 3. The van der Waals surface area contributed by atoms with E-state index in [1.54, 1.807) is 7.05 Å². The molecule has 0 bridgehead atoms. The molecule has 160 valence electrons. The molecule has 2 amide bonds. The number of hydrogen-bond acceptors (Lipinski definition) is 4. The molecule has 2 aliphatic rings. The molecule has 0 radical (unpaired) electrons. The zero-order chi connectivity index (χ0) is 20.7. The molecule has 2 aliphatic heterocycles. The molecular formula is C20H37N5O3. The number of primary amides is 1. The fraction of sp³-hybridized carbons (Fsp3) is 0.850. The number of likely N-dealkylation sites (tertiary alicyclic amines) is 2. The molecule has 28 heavy (non-hydrogen) atoms. The van der Waals surface area contributed by atoms with E-state index in [4.69, 9.17) is 10.5 Å². The summed E-state index contributed by atoms with van der Waals surface area (Å²) in [6.07, 6.45) is 4.33. The average molecular weight is 396 g/mol. The molecule has 2 saturated heterocycles. The molecule has 2 atom stereocenters. The molecule has 0 aromatic carbocycles. The van der Waals surface area contributed by atoms with Crippen molar-refractivity contribution in [2.45, 2.75) is 58.5 Å². The summed E-state index contributed by atoms with van der Waals surface area (Å²) in [4.78, 5) is 32.0. The maximum Gasteiger partial charge on any atom is 0.410 e. The number of nitrogens with one attached hydrogen (secondary N) is 1. The van der Waals surface area contributed by atoms with Crippen molar-refractivity contribution in [1.82, 2.24) is 15.1 Å². The van der Waals surface area contributed by atoms with E-state index in [9.17, 15) is 9.59 Å². The van der Waals surface area contributed by atoms with Crippen LogP contribution in [0.1, 0.15) is 52.9 Å². The monoisotopic (exact) mass is 395 g/mol. The molecule has 8 nitrogen and oxygen atoms in total. The molecule has 2 unspecified atom stereocenters. The van der Waals surface area contributed by atoms with Crippen molar-refractivity contribution < 1.29 is 14.3 Å². The van der Waals surface area contributed by atoms with Crippen molar-refractivity contribution >= 4 is 18.0 Å². The average Bonchev–Trinajstić information content (AvgIpc) is 2.61. The van der Waals surface area contributed by atoms with Crippen molar-refractivity contribution in [1.29, 1.82) is 0 Å². The topological polar surface area (TPSA) is 100 Å². The SMILES string of the molecule is CN=C(NCC1CCCN(C(=O)OC(C)(C)C)C1)N1CCCC(CC(N)=O)C1. The molecule has 8 heteroatoms. The van der Waals surface area contributed by atoms with Crippen LogP contribution < -0.4 is 11.1 Å². The normalized spacial score (nSPS) is 24.1. The Morgan fingerprint density at radius 1 is 1.11 bits per heavy atom. The van der Waals surface area contributed by atoms with E-state index in [0.29, 0.717) is 24.8 Å². The van der Waals surface area contributed by atoms with Gasteiger partial charge in [-0.2, -0.15) is 0 Å². The van der Waals surface area contributed by atoms with Gasteiger partial charge in [0.1, 0.15) is 5.60 Å². The molecule has 2 heterocycles. The number of carbonyl (C=O) groups is 2. The summed E-state index contributed by atoms with van der Waals surface area (Å²) in [7, 11) is 1.79. The number of hydrogen-bond donors (Lipinski definition) is 2. The van der Waals surface area contributed by atoms with Crippen LogP contribution in [0.2, 0.25) is 0 Å². The van der Waals surface area contributed by atoms with Gasteiger partial charge in [0.15, 0.2) is 5.96 Å². The quantitative estimate of drug-likeness (QED) is 0.558.